The van der Waals surface area contributed by atoms with Crippen LogP contribution in [-0.4, -0.2) is 14.8 Å². The lowest BCUT2D eigenvalue weighted by atomic mass is 9.89. The number of anilines is 1. The third-order valence-corrected chi connectivity index (χ3v) is 6.04. The summed E-state index contributed by atoms with van der Waals surface area (Å²) in [7, 11) is 2.01. The van der Waals surface area contributed by atoms with Crippen LogP contribution in [0.25, 0.3) is 11.4 Å². The highest BCUT2D eigenvalue weighted by Crippen LogP contribution is 2.43. The van der Waals surface area contributed by atoms with Gasteiger partial charge in [-0.2, -0.15) is 5.10 Å². The number of aryl methyl sites for hydroxylation is 2. The second-order valence-electron chi connectivity index (χ2n) is 6.35. The monoisotopic (exact) mass is 302 g/mol. The van der Waals surface area contributed by atoms with Crippen LogP contribution in [0.2, 0.25) is 0 Å². The van der Waals surface area contributed by atoms with Gasteiger partial charge in [0.2, 0.25) is 0 Å². The molecule has 2 N–H and O–H groups in total. The second kappa shape index (κ2) is 5.13. The van der Waals surface area contributed by atoms with E-state index < -0.39 is 0 Å². The number of fused-ring (bicyclic) bond motifs is 1. The van der Waals surface area contributed by atoms with Crippen molar-refractivity contribution in [2.24, 2.45) is 7.05 Å². The molecule has 21 heavy (non-hydrogen) atoms. The van der Waals surface area contributed by atoms with E-state index in [2.05, 4.69) is 0 Å². The molecule has 4 rings (SSSR count). The highest BCUT2D eigenvalue weighted by Gasteiger charge is 2.27. The van der Waals surface area contributed by atoms with Crippen LogP contribution < -0.4 is 5.73 Å². The first-order chi connectivity index (χ1) is 10.2. The van der Waals surface area contributed by atoms with Crippen molar-refractivity contribution in [3.8, 4) is 11.4 Å². The molecular formula is C16H22N4S. The zero-order valence-electron chi connectivity index (χ0n) is 12.6. The van der Waals surface area contributed by atoms with E-state index in [1.54, 1.807) is 11.3 Å². The molecule has 0 bridgehead atoms. The van der Waals surface area contributed by atoms with Gasteiger partial charge in [0.05, 0.1) is 10.6 Å². The zero-order valence-corrected chi connectivity index (χ0v) is 13.4. The van der Waals surface area contributed by atoms with E-state index in [1.165, 1.54) is 60.9 Å². The molecule has 0 spiro atoms. The summed E-state index contributed by atoms with van der Waals surface area (Å²) >= 11 is 1.75. The van der Waals surface area contributed by atoms with E-state index in [-0.39, 0.29) is 0 Å². The molecule has 2 aromatic heterocycles. The molecule has 0 atom stereocenters. The second-order valence-corrected chi connectivity index (χ2v) is 7.49. The fourth-order valence-electron chi connectivity index (χ4n) is 3.83. The first kappa shape index (κ1) is 13.3. The van der Waals surface area contributed by atoms with Crippen LogP contribution in [0.15, 0.2) is 0 Å². The number of hydrogen-bond acceptors (Lipinski definition) is 4. The summed E-state index contributed by atoms with van der Waals surface area (Å²) in [6.45, 7) is 0. The van der Waals surface area contributed by atoms with E-state index in [0.717, 1.165) is 23.1 Å². The molecule has 1 fully saturated rings. The van der Waals surface area contributed by atoms with Gasteiger partial charge in [-0.25, -0.2) is 9.67 Å². The number of nitrogens with two attached hydrogens (primary N) is 1. The minimum absolute atomic E-state index is 0.548. The maximum absolute atomic E-state index is 6.28. The molecule has 0 aromatic carbocycles. The largest absolute Gasteiger partial charge is 0.390 e. The average molecular weight is 302 g/mol. The Bertz CT molecular complexity index is 664. The van der Waals surface area contributed by atoms with Gasteiger partial charge in [0.1, 0.15) is 0 Å². The van der Waals surface area contributed by atoms with Crippen LogP contribution in [0.1, 0.15) is 60.7 Å². The van der Waals surface area contributed by atoms with Gasteiger partial charge in [-0.1, -0.05) is 19.3 Å². The van der Waals surface area contributed by atoms with Gasteiger partial charge in [0.15, 0.2) is 11.6 Å². The number of aromatic nitrogens is 3. The Morgan fingerprint density at radius 2 is 1.95 bits per heavy atom. The molecule has 2 aliphatic carbocycles. The lowest BCUT2D eigenvalue weighted by molar-refractivity contribution is 0.427. The Hall–Kier alpha value is -1.36. The fourth-order valence-corrected chi connectivity index (χ4v) is 4.98. The quantitative estimate of drug-likeness (QED) is 0.921. The predicted octanol–water partition coefficient (Wildman–Crippen LogP) is 3.66. The molecule has 0 saturated heterocycles. The van der Waals surface area contributed by atoms with Crippen LogP contribution in [-0.2, 0) is 19.9 Å². The Morgan fingerprint density at radius 3 is 2.76 bits per heavy atom. The van der Waals surface area contributed by atoms with E-state index in [0.29, 0.717) is 5.92 Å². The van der Waals surface area contributed by atoms with E-state index in [1.807, 2.05) is 11.7 Å². The van der Waals surface area contributed by atoms with Crippen molar-refractivity contribution in [3.63, 3.8) is 0 Å². The fraction of sp³-hybridized carbons (Fsp3) is 0.625. The SMILES string of the molecule is Cn1nc(C2CCCCC2)nc1-c1c(N)sc2c1CCC2. The number of thiophene rings is 1. The van der Waals surface area contributed by atoms with Crippen molar-refractivity contribution < 1.29 is 0 Å². The molecule has 0 radical (unpaired) electrons. The minimum Gasteiger partial charge on any atom is -0.390 e. The molecule has 0 aliphatic heterocycles. The summed E-state index contributed by atoms with van der Waals surface area (Å²) in [4.78, 5) is 6.36. The van der Waals surface area contributed by atoms with Crippen molar-refractivity contribution in [2.45, 2.75) is 57.3 Å². The molecule has 112 valence electrons. The summed E-state index contributed by atoms with van der Waals surface area (Å²) in [6, 6.07) is 0. The van der Waals surface area contributed by atoms with Crippen LogP contribution in [0.5, 0.6) is 0 Å². The van der Waals surface area contributed by atoms with Crippen molar-refractivity contribution >= 4 is 16.3 Å². The van der Waals surface area contributed by atoms with Gasteiger partial charge >= 0.3 is 0 Å². The molecule has 2 heterocycles. The smallest absolute Gasteiger partial charge is 0.161 e. The molecule has 0 unspecified atom stereocenters. The van der Waals surface area contributed by atoms with Gasteiger partial charge in [0, 0.05) is 17.8 Å². The highest BCUT2D eigenvalue weighted by atomic mass is 32.1. The van der Waals surface area contributed by atoms with Crippen LogP contribution >= 0.6 is 11.3 Å². The molecule has 5 heteroatoms. The number of nitrogens with zero attached hydrogens (tertiary/aromatic N) is 3. The van der Waals surface area contributed by atoms with Crippen LogP contribution in [0.4, 0.5) is 5.00 Å². The van der Waals surface area contributed by atoms with Gasteiger partial charge in [-0.3, -0.25) is 0 Å². The lowest BCUT2D eigenvalue weighted by Crippen LogP contribution is -2.06. The molecule has 1 saturated carbocycles. The summed E-state index contributed by atoms with van der Waals surface area (Å²) in [5, 5.41) is 5.63. The molecule has 0 amide bonds. The van der Waals surface area contributed by atoms with Crippen molar-refractivity contribution in [1.82, 2.24) is 14.8 Å². The van der Waals surface area contributed by atoms with Crippen LogP contribution in [0.3, 0.4) is 0 Å². The Balaban J connectivity index is 1.74. The van der Waals surface area contributed by atoms with Crippen molar-refractivity contribution in [2.75, 3.05) is 5.73 Å². The third-order valence-electron chi connectivity index (χ3n) is 4.92. The maximum Gasteiger partial charge on any atom is 0.161 e. The van der Waals surface area contributed by atoms with Crippen LogP contribution in [0, 0.1) is 0 Å². The topological polar surface area (TPSA) is 56.7 Å². The molecule has 2 aromatic rings. The first-order valence-corrected chi connectivity index (χ1v) is 8.87. The number of rotatable bonds is 2. The lowest BCUT2D eigenvalue weighted by Gasteiger charge is -2.18. The highest BCUT2D eigenvalue weighted by molar-refractivity contribution is 7.16. The number of hydrogen-bond donors (Lipinski definition) is 1. The predicted molar refractivity (Wildman–Crippen MR) is 86.6 cm³/mol. The average Bonchev–Trinajstić information content (AvgIpc) is 3.15. The summed E-state index contributed by atoms with van der Waals surface area (Å²) < 4.78 is 1.95. The standard InChI is InChI=1S/C16H22N4S/c1-20-16(13-11-8-5-9-12(11)21-14(13)17)18-15(19-20)10-6-3-2-4-7-10/h10H,2-9,17H2,1H3. The molecular weight excluding hydrogens is 280 g/mol. The molecule has 2 aliphatic rings. The van der Waals surface area contributed by atoms with Crippen molar-refractivity contribution in [3.05, 3.63) is 16.3 Å². The normalized spacial score (nSPS) is 19.1. The Kier molecular flexibility index (Phi) is 3.25. The maximum atomic E-state index is 6.28. The number of nitrogen functional groups attached to an aromatic ring is 1. The first-order valence-electron chi connectivity index (χ1n) is 8.05. The molecule has 4 nitrogen and oxygen atoms in total. The minimum atomic E-state index is 0.548. The summed E-state index contributed by atoms with van der Waals surface area (Å²) in [5.41, 5.74) is 8.88. The van der Waals surface area contributed by atoms with Gasteiger partial charge in [0.25, 0.3) is 0 Å². The van der Waals surface area contributed by atoms with Gasteiger partial charge in [-0.05, 0) is 37.7 Å². The van der Waals surface area contributed by atoms with E-state index in [4.69, 9.17) is 15.8 Å². The van der Waals surface area contributed by atoms with Gasteiger partial charge < -0.3 is 5.73 Å². The van der Waals surface area contributed by atoms with E-state index >= 15 is 0 Å². The van der Waals surface area contributed by atoms with Crippen molar-refractivity contribution in [1.29, 1.82) is 0 Å². The summed E-state index contributed by atoms with van der Waals surface area (Å²) in [6.07, 6.45) is 10.0. The zero-order chi connectivity index (χ0) is 14.4. The Labute approximate surface area is 129 Å². The van der Waals surface area contributed by atoms with Gasteiger partial charge in [-0.15, -0.1) is 11.3 Å². The Morgan fingerprint density at radius 1 is 1.14 bits per heavy atom. The summed E-state index contributed by atoms with van der Waals surface area (Å²) in [5.74, 6) is 2.56. The van der Waals surface area contributed by atoms with E-state index in [9.17, 15) is 0 Å². The third kappa shape index (κ3) is 2.18.